The Hall–Kier alpha value is -4.29. The van der Waals surface area contributed by atoms with Crippen LogP contribution in [-0.2, 0) is 19.4 Å². The predicted molar refractivity (Wildman–Crippen MR) is 163 cm³/mol. The molecular formula is C30H33ClN4O7S. The van der Waals surface area contributed by atoms with Gasteiger partial charge in [-0.3, -0.25) is 14.4 Å². The van der Waals surface area contributed by atoms with Crippen LogP contribution in [0.3, 0.4) is 0 Å². The minimum Gasteiger partial charge on any atom is -0.493 e. The van der Waals surface area contributed by atoms with Crippen molar-refractivity contribution in [1.29, 1.82) is 0 Å². The standard InChI is InChI=1S/C30H33ClN4O7S/c1-17(36)33-20-9-12-27(43(4,39)40)21(16-20)24-6-5-13-35(24)30(38)28(18-8-11-25(41-2)26(15-18)42-3)34-23-14-19(29(32)37)7-10-22(23)31/h7-12,14-16,24,28,34H,5-6,13H2,1-4H3,(H2,32,37)(H,33,36)/t24-,28-/m1/s1. The van der Waals surface area contributed by atoms with E-state index in [9.17, 15) is 22.8 Å². The summed E-state index contributed by atoms with van der Waals surface area (Å²) in [6.45, 7) is 1.70. The molecule has 13 heteroatoms. The summed E-state index contributed by atoms with van der Waals surface area (Å²) in [4.78, 5) is 39.8. The number of rotatable bonds is 10. The molecule has 3 amide bonds. The zero-order valence-corrected chi connectivity index (χ0v) is 25.7. The van der Waals surface area contributed by atoms with Gasteiger partial charge in [0.25, 0.3) is 0 Å². The number of hydrogen-bond acceptors (Lipinski definition) is 8. The predicted octanol–water partition coefficient (Wildman–Crippen LogP) is 4.33. The van der Waals surface area contributed by atoms with Crippen LogP contribution in [0.1, 0.15) is 53.3 Å². The number of amides is 3. The highest BCUT2D eigenvalue weighted by Crippen LogP contribution is 2.40. The minimum atomic E-state index is -3.68. The topological polar surface area (TPSA) is 157 Å². The highest BCUT2D eigenvalue weighted by atomic mass is 35.5. The fourth-order valence-corrected chi connectivity index (χ4v) is 6.32. The summed E-state index contributed by atoms with van der Waals surface area (Å²) in [6.07, 6.45) is 2.21. The summed E-state index contributed by atoms with van der Waals surface area (Å²) in [5, 5.41) is 6.12. The molecule has 4 N–H and O–H groups in total. The Morgan fingerprint density at radius 1 is 1.02 bits per heavy atom. The van der Waals surface area contributed by atoms with E-state index in [0.29, 0.717) is 53.4 Å². The van der Waals surface area contributed by atoms with E-state index in [1.54, 1.807) is 29.2 Å². The van der Waals surface area contributed by atoms with Gasteiger partial charge in [0.05, 0.1) is 35.9 Å². The molecule has 1 heterocycles. The van der Waals surface area contributed by atoms with Gasteiger partial charge in [-0.05, 0) is 72.5 Å². The first-order valence-electron chi connectivity index (χ1n) is 13.3. The number of carbonyl (C=O) groups excluding carboxylic acids is 3. The fraction of sp³-hybridized carbons (Fsp3) is 0.300. The number of benzene rings is 3. The molecule has 1 fully saturated rings. The monoisotopic (exact) mass is 628 g/mol. The van der Waals surface area contributed by atoms with Gasteiger partial charge in [-0.25, -0.2) is 8.42 Å². The smallest absolute Gasteiger partial charge is 0.250 e. The Balaban J connectivity index is 1.83. The highest BCUT2D eigenvalue weighted by molar-refractivity contribution is 7.90. The van der Waals surface area contributed by atoms with E-state index < -0.39 is 27.8 Å². The third-order valence-corrected chi connectivity index (χ3v) is 8.66. The molecule has 3 aromatic carbocycles. The Bertz CT molecular complexity index is 1680. The lowest BCUT2D eigenvalue weighted by molar-refractivity contribution is -0.133. The molecule has 0 saturated carbocycles. The third-order valence-electron chi connectivity index (χ3n) is 7.16. The lowest BCUT2D eigenvalue weighted by Crippen LogP contribution is -2.38. The zero-order valence-electron chi connectivity index (χ0n) is 24.1. The average Bonchev–Trinajstić information content (AvgIpc) is 3.45. The van der Waals surface area contributed by atoms with E-state index in [-0.39, 0.29) is 27.3 Å². The molecule has 1 saturated heterocycles. The van der Waals surface area contributed by atoms with Crippen LogP contribution in [0.4, 0.5) is 11.4 Å². The molecule has 11 nitrogen and oxygen atoms in total. The second-order valence-corrected chi connectivity index (χ2v) is 12.5. The normalized spacial score (nSPS) is 15.5. The van der Waals surface area contributed by atoms with Crippen LogP contribution in [0.25, 0.3) is 0 Å². The molecule has 0 aliphatic carbocycles. The molecule has 0 aromatic heterocycles. The summed E-state index contributed by atoms with van der Waals surface area (Å²) in [5.74, 6) is -0.514. The lowest BCUT2D eigenvalue weighted by atomic mass is 10.0. The lowest BCUT2D eigenvalue weighted by Gasteiger charge is -2.31. The van der Waals surface area contributed by atoms with Gasteiger partial charge in [-0.2, -0.15) is 0 Å². The molecule has 0 radical (unpaired) electrons. The van der Waals surface area contributed by atoms with Crippen LogP contribution in [0.5, 0.6) is 11.5 Å². The molecule has 2 atom stereocenters. The van der Waals surface area contributed by atoms with Crippen molar-refractivity contribution in [3.8, 4) is 11.5 Å². The Labute approximate surface area is 255 Å². The van der Waals surface area contributed by atoms with E-state index in [1.165, 1.54) is 51.5 Å². The van der Waals surface area contributed by atoms with Gasteiger partial charge in [0, 0.05) is 31.0 Å². The van der Waals surface area contributed by atoms with Gasteiger partial charge < -0.3 is 30.7 Å². The van der Waals surface area contributed by atoms with Gasteiger partial charge in [0.15, 0.2) is 21.3 Å². The number of anilines is 2. The van der Waals surface area contributed by atoms with Crippen molar-refractivity contribution in [2.45, 2.75) is 36.7 Å². The number of nitrogens with one attached hydrogen (secondary N) is 2. The SMILES string of the molecule is COc1ccc([C@@H](Nc2cc(C(N)=O)ccc2Cl)C(=O)N2CCC[C@@H]2c2cc(NC(C)=O)ccc2S(C)(=O)=O)cc1OC. The number of primary amides is 1. The van der Waals surface area contributed by atoms with Gasteiger partial charge >= 0.3 is 0 Å². The Morgan fingerprint density at radius 3 is 2.37 bits per heavy atom. The first-order chi connectivity index (χ1) is 20.3. The van der Waals surface area contributed by atoms with E-state index in [0.717, 1.165) is 6.26 Å². The number of sulfone groups is 1. The quantitative estimate of drug-likeness (QED) is 0.299. The maximum atomic E-state index is 14.5. The molecule has 1 aliphatic rings. The molecule has 0 unspecified atom stereocenters. The van der Waals surface area contributed by atoms with Crippen molar-refractivity contribution in [1.82, 2.24) is 4.90 Å². The first kappa shape index (κ1) is 31.6. The number of methoxy groups -OCH3 is 2. The number of nitrogens with zero attached hydrogens (tertiary/aromatic N) is 1. The third kappa shape index (κ3) is 7.03. The van der Waals surface area contributed by atoms with E-state index in [2.05, 4.69) is 10.6 Å². The maximum absolute atomic E-state index is 14.5. The maximum Gasteiger partial charge on any atom is 0.250 e. The summed E-state index contributed by atoms with van der Waals surface area (Å²) >= 11 is 6.47. The largest absolute Gasteiger partial charge is 0.493 e. The van der Waals surface area contributed by atoms with Gasteiger partial charge in [0.1, 0.15) is 6.04 Å². The minimum absolute atomic E-state index is 0.0686. The summed E-state index contributed by atoms with van der Waals surface area (Å²) in [5.41, 5.74) is 7.30. The summed E-state index contributed by atoms with van der Waals surface area (Å²) in [7, 11) is -0.706. The number of ether oxygens (including phenoxy) is 2. The Kier molecular flexibility index (Phi) is 9.51. The summed E-state index contributed by atoms with van der Waals surface area (Å²) < 4.78 is 36.4. The molecular weight excluding hydrogens is 596 g/mol. The number of likely N-dealkylation sites (tertiary alicyclic amines) is 1. The van der Waals surface area contributed by atoms with E-state index in [1.807, 2.05) is 0 Å². The number of hydrogen-bond donors (Lipinski definition) is 3. The van der Waals surface area contributed by atoms with Gasteiger partial charge in [-0.15, -0.1) is 0 Å². The molecule has 4 rings (SSSR count). The van der Waals surface area contributed by atoms with Crippen LogP contribution >= 0.6 is 11.6 Å². The average molecular weight is 629 g/mol. The Morgan fingerprint density at radius 2 is 1.74 bits per heavy atom. The fourth-order valence-electron chi connectivity index (χ4n) is 5.21. The number of carbonyl (C=O) groups is 3. The van der Waals surface area contributed by atoms with Crippen molar-refractivity contribution in [2.24, 2.45) is 5.73 Å². The van der Waals surface area contributed by atoms with Crippen LogP contribution in [0.15, 0.2) is 59.5 Å². The van der Waals surface area contributed by atoms with Crippen molar-refractivity contribution >= 4 is 50.5 Å². The van der Waals surface area contributed by atoms with E-state index in [4.69, 9.17) is 26.8 Å². The molecule has 1 aliphatic heterocycles. The molecule has 0 bridgehead atoms. The van der Waals surface area contributed by atoms with Crippen LogP contribution in [0.2, 0.25) is 5.02 Å². The van der Waals surface area contributed by atoms with Crippen molar-refractivity contribution in [3.05, 3.63) is 76.3 Å². The van der Waals surface area contributed by atoms with E-state index >= 15 is 0 Å². The first-order valence-corrected chi connectivity index (χ1v) is 15.6. The molecule has 228 valence electrons. The van der Waals surface area contributed by atoms with Crippen molar-refractivity contribution in [2.75, 3.05) is 37.7 Å². The molecule has 3 aromatic rings. The molecule has 43 heavy (non-hydrogen) atoms. The summed E-state index contributed by atoms with van der Waals surface area (Å²) in [6, 6.07) is 12.4. The number of halogens is 1. The second-order valence-electron chi connectivity index (χ2n) is 10.1. The van der Waals surface area contributed by atoms with Crippen LogP contribution < -0.4 is 25.8 Å². The van der Waals surface area contributed by atoms with Gasteiger partial charge in [-0.1, -0.05) is 17.7 Å². The second kappa shape index (κ2) is 12.9. The highest BCUT2D eigenvalue weighted by Gasteiger charge is 2.37. The van der Waals surface area contributed by atoms with Crippen LogP contribution in [-0.4, -0.2) is 58.1 Å². The van der Waals surface area contributed by atoms with Crippen molar-refractivity contribution < 1.29 is 32.3 Å². The zero-order chi connectivity index (χ0) is 31.5. The number of nitrogens with two attached hydrogens (primary N) is 1. The van der Waals surface area contributed by atoms with Crippen molar-refractivity contribution in [3.63, 3.8) is 0 Å². The van der Waals surface area contributed by atoms with Gasteiger partial charge in [0.2, 0.25) is 17.7 Å². The van der Waals surface area contributed by atoms with Crippen LogP contribution in [0, 0.1) is 0 Å². The molecule has 0 spiro atoms.